The Morgan fingerprint density at radius 3 is 0.880 bits per heavy atom. The molecule has 0 aliphatic rings. The molecule has 0 bridgehead atoms. The topological polar surface area (TPSA) is 0 Å². The lowest BCUT2D eigenvalue weighted by Gasteiger charge is -2.39. The van der Waals surface area contributed by atoms with Gasteiger partial charge in [-0.3, -0.25) is 0 Å². The van der Waals surface area contributed by atoms with E-state index in [9.17, 15) is 0 Å². The maximum atomic E-state index is 2.35. The Morgan fingerprint density at radius 2 is 0.600 bits per heavy atom. The minimum atomic E-state index is 0. The molecule has 154 valence electrons. The molecular weight excluding hydrogens is 370 g/mol. The molecule has 0 spiro atoms. The van der Waals surface area contributed by atoms with Crippen molar-refractivity contribution in [2.24, 2.45) is 0 Å². The minimum Gasteiger partial charge on any atom is -1.00 e. The van der Waals surface area contributed by atoms with E-state index < -0.39 is 0 Å². The first-order valence-corrected chi connectivity index (χ1v) is 11.6. The molecule has 0 saturated heterocycles. The van der Waals surface area contributed by atoms with Gasteiger partial charge in [-0.05, 0) is 51.4 Å². The second-order valence-electron chi connectivity index (χ2n) is 8.13. The number of hydrogen-bond donors (Lipinski definition) is 0. The Morgan fingerprint density at radius 1 is 0.360 bits per heavy atom. The first kappa shape index (κ1) is 27.7. The molecule has 0 aromatic rings. The Kier molecular flexibility index (Phi) is 23.0. The van der Waals surface area contributed by atoms with Gasteiger partial charge in [0.2, 0.25) is 0 Å². The summed E-state index contributed by atoms with van der Waals surface area (Å²) in [4.78, 5) is 0. The molecule has 0 rings (SSSR count). The van der Waals surface area contributed by atoms with Gasteiger partial charge in [-0.1, -0.05) is 72.6 Å². The van der Waals surface area contributed by atoms with Gasteiger partial charge in [0.15, 0.2) is 0 Å². The summed E-state index contributed by atoms with van der Waals surface area (Å²) < 4.78 is 1.46. The quantitative estimate of drug-likeness (QED) is 0.209. The van der Waals surface area contributed by atoms with Crippen LogP contribution < -0.4 is 17.0 Å². The number of hydrogen-bond acceptors (Lipinski definition) is 0. The molecule has 0 atom stereocenters. The molecule has 0 aliphatic heterocycles. The fourth-order valence-corrected chi connectivity index (χ4v) is 3.99. The standard InChI is InChI=1S/C23H50N.BrH/c1-5-9-13-17-21-24(20-16-12-8-4,22-18-14-10-6-2)23-19-15-11-7-3;/h5-23H2,1-4H3;1H/q+1;/p-1. The Balaban J connectivity index is 0. The molecule has 0 aliphatic carbocycles. The Labute approximate surface area is 171 Å². The first-order valence-electron chi connectivity index (χ1n) is 11.6. The van der Waals surface area contributed by atoms with Crippen LogP contribution in [0.2, 0.25) is 0 Å². The van der Waals surface area contributed by atoms with E-state index in [4.69, 9.17) is 0 Å². The van der Waals surface area contributed by atoms with E-state index in [2.05, 4.69) is 27.7 Å². The van der Waals surface area contributed by atoms with Crippen molar-refractivity contribution in [3.63, 3.8) is 0 Å². The lowest BCUT2D eigenvalue weighted by Crippen LogP contribution is -3.00. The molecule has 25 heavy (non-hydrogen) atoms. The van der Waals surface area contributed by atoms with Gasteiger partial charge in [-0.2, -0.15) is 0 Å². The van der Waals surface area contributed by atoms with E-state index in [0.717, 1.165) is 0 Å². The number of halogens is 1. The third-order valence-corrected chi connectivity index (χ3v) is 5.69. The number of rotatable bonds is 19. The van der Waals surface area contributed by atoms with Crippen molar-refractivity contribution >= 4 is 0 Å². The number of quaternary nitrogens is 1. The highest BCUT2D eigenvalue weighted by atomic mass is 79.9. The van der Waals surface area contributed by atoms with Crippen LogP contribution >= 0.6 is 0 Å². The van der Waals surface area contributed by atoms with E-state index >= 15 is 0 Å². The molecule has 0 unspecified atom stereocenters. The Bertz CT molecular complexity index is 211. The van der Waals surface area contributed by atoms with Gasteiger partial charge >= 0.3 is 0 Å². The van der Waals surface area contributed by atoms with Gasteiger partial charge in [-0.15, -0.1) is 0 Å². The normalized spacial score (nSPS) is 11.5. The smallest absolute Gasteiger partial charge is 0.0786 e. The summed E-state index contributed by atoms with van der Waals surface area (Å²) >= 11 is 0. The second-order valence-corrected chi connectivity index (χ2v) is 8.13. The molecule has 0 saturated carbocycles. The second kappa shape index (κ2) is 20.7. The summed E-state index contributed by atoms with van der Waals surface area (Å²) in [6.45, 7) is 15.2. The lowest BCUT2D eigenvalue weighted by atomic mass is 10.1. The minimum absolute atomic E-state index is 0. The molecule has 0 aromatic heterocycles. The molecule has 0 radical (unpaired) electrons. The van der Waals surface area contributed by atoms with Crippen molar-refractivity contribution in [1.29, 1.82) is 0 Å². The van der Waals surface area contributed by atoms with Gasteiger partial charge in [0.25, 0.3) is 0 Å². The number of nitrogens with zero attached hydrogens (tertiary/aromatic N) is 1. The molecule has 0 heterocycles. The van der Waals surface area contributed by atoms with E-state index in [1.165, 1.54) is 127 Å². The van der Waals surface area contributed by atoms with Crippen molar-refractivity contribution < 1.29 is 21.5 Å². The zero-order valence-electron chi connectivity index (χ0n) is 18.3. The average Bonchev–Trinajstić information content (AvgIpc) is 2.60. The van der Waals surface area contributed by atoms with E-state index in [0.29, 0.717) is 0 Å². The number of unbranched alkanes of at least 4 members (excludes halogenated alkanes) is 11. The fraction of sp³-hybridized carbons (Fsp3) is 1.00. The molecule has 0 amide bonds. The van der Waals surface area contributed by atoms with Crippen LogP contribution in [0.5, 0.6) is 0 Å². The summed E-state index contributed by atoms with van der Waals surface area (Å²) in [6, 6.07) is 0. The molecule has 0 N–H and O–H groups in total. The van der Waals surface area contributed by atoms with Crippen molar-refractivity contribution in [3.8, 4) is 0 Å². The van der Waals surface area contributed by atoms with Crippen LogP contribution in [0, 0.1) is 0 Å². The summed E-state index contributed by atoms with van der Waals surface area (Å²) in [7, 11) is 0. The third-order valence-electron chi connectivity index (χ3n) is 5.69. The van der Waals surface area contributed by atoms with Crippen LogP contribution in [0.1, 0.15) is 124 Å². The SMILES string of the molecule is CCCCCC[N+](CCCCC)(CCCCCC)CCCCCC.[Br-]. The van der Waals surface area contributed by atoms with Crippen LogP contribution in [0.4, 0.5) is 0 Å². The van der Waals surface area contributed by atoms with Crippen molar-refractivity contribution in [3.05, 3.63) is 0 Å². The summed E-state index contributed by atoms with van der Waals surface area (Å²) in [5, 5.41) is 0. The summed E-state index contributed by atoms with van der Waals surface area (Å²) in [5.41, 5.74) is 0. The van der Waals surface area contributed by atoms with Crippen LogP contribution in [-0.4, -0.2) is 30.7 Å². The lowest BCUT2D eigenvalue weighted by molar-refractivity contribution is -0.929. The fourth-order valence-electron chi connectivity index (χ4n) is 3.99. The van der Waals surface area contributed by atoms with Gasteiger partial charge in [0.1, 0.15) is 0 Å². The van der Waals surface area contributed by atoms with Gasteiger partial charge in [-0.25, -0.2) is 0 Å². The molecule has 0 fully saturated rings. The van der Waals surface area contributed by atoms with Crippen LogP contribution in [0.3, 0.4) is 0 Å². The van der Waals surface area contributed by atoms with Gasteiger partial charge < -0.3 is 21.5 Å². The molecular formula is C23H50BrN. The summed E-state index contributed by atoms with van der Waals surface area (Å²) in [5.74, 6) is 0. The van der Waals surface area contributed by atoms with Crippen molar-refractivity contribution in [2.45, 2.75) is 124 Å². The predicted octanol–water partition coefficient (Wildman–Crippen LogP) is 4.74. The molecule has 0 aromatic carbocycles. The van der Waals surface area contributed by atoms with E-state index in [1.54, 1.807) is 0 Å². The highest BCUT2D eigenvalue weighted by molar-refractivity contribution is 4.53. The maximum Gasteiger partial charge on any atom is 0.0786 e. The monoisotopic (exact) mass is 419 g/mol. The first-order chi connectivity index (χ1) is 11.7. The van der Waals surface area contributed by atoms with E-state index in [-0.39, 0.29) is 17.0 Å². The van der Waals surface area contributed by atoms with Crippen LogP contribution in [-0.2, 0) is 0 Å². The van der Waals surface area contributed by atoms with Crippen LogP contribution in [0.25, 0.3) is 0 Å². The van der Waals surface area contributed by atoms with Gasteiger partial charge in [0, 0.05) is 0 Å². The van der Waals surface area contributed by atoms with Gasteiger partial charge in [0.05, 0.1) is 26.2 Å². The van der Waals surface area contributed by atoms with Crippen molar-refractivity contribution in [1.82, 2.24) is 0 Å². The van der Waals surface area contributed by atoms with E-state index in [1.807, 2.05) is 0 Å². The molecule has 1 nitrogen and oxygen atoms in total. The average molecular weight is 421 g/mol. The third kappa shape index (κ3) is 16.3. The predicted molar refractivity (Wildman–Crippen MR) is 112 cm³/mol. The largest absolute Gasteiger partial charge is 1.00 e. The zero-order chi connectivity index (χ0) is 17.9. The highest BCUT2D eigenvalue weighted by Crippen LogP contribution is 2.19. The summed E-state index contributed by atoms with van der Waals surface area (Å²) in [6.07, 6.45) is 21.4. The van der Waals surface area contributed by atoms with Crippen molar-refractivity contribution in [2.75, 3.05) is 26.2 Å². The molecule has 2 heteroatoms. The zero-order valence-corrected chi connectivity index (χ0v) is 19.8. The maximum absolute atomic E-state index is 2.35. The Hall–Kier alpha value is 0.440. The highest BCUT2D eigenvalue weighted by Gasteiger charge is 2.25. The van der Waals surface area contributed by atoms with Crippen LogP contribution in [0.15, 0.2) is 0 Å².